The van der Waals surface area contributed by atoms with Gasteiger partial charge in [0.15, 0.2) is 0 Å². The highest BCUT2D eigenvalue weighted by atomic mass is 32.2. The Hall–Kier alpha value is -2.46. The van der Waals surface area contributed by atoms with Crippen molar-refractivity contribution in [2.75, 3.05) is 37.8 Å². The smallest absolute Gasteiger partial charge is 0.266 e. The third-order valence-electron chi connectivity index (χ3n) is 3.82. The molecule has 6 nitrogen and oxygen atoms in total. The van der Waals surface area contributed by atoms with Crippen molar-refractivity contribution >= 4 is 29.3 Å². The summed E-state index contributed by atoms with van der Waals surface area (Å²) < 4.78 is 0. The number of thioether (sulfide) groups is 1. The minimum atomic E-state index is -0.311. The van der Waals surface area contributed by atoms with Crippen molar-refractivity contribution in [1.29, 1.82) is 5.26 Å². The van der Waals surface area contributed by atoms with E-state index in [9.17, 15) is 14.9 Å². The van der Waals surface area contributed by atoms with E-state index in [1.165, 1.54) is 13.1 Å². The van der Waals surface area contributed by atoms with Crippen LogP contribution in [-0.4, -0.2) is 54.0 Å². The predicted molar refractivity (Wildman–Crippen MR) is 94.4 cm³/mol. The van der Waals surface area contributed by atoms with E-state index in [0.717, 1.165) is 10.6 Å². The second-order valence-electron chi connectivity index (χ2n) is 5.34. The Morgan fingerprint density at radius 2 is 1.92 bits per heavy atom. The molecule has 1 N–H and O–H groups in total. The number of piperazine rings is 1. The van der Waals surface area contributed by atoms with Gasteiger partial charge in [-0.1, -0.05) is 6.07 Å². The lowest BCUT2D eigenvalue weighted by Gasteiger charge is -2.34. The number of nitriles is 1. The summed E-state index contributed by atoms with van der Waals surface area (Å²) in [5.41, 5.74) is 0.879. The summed E-state index contributed by atoms with van der Waals surface area (Å²) in [5, 5.41) is 12.3. The summed E-state index contributed by atoms with van der Waals surface area (Å²) in [6.07, 6.45) is 3.43. The van der Waals surface area contributed by atoms with Gasteiger partial charge in [0, 0.05) is 49.9 Å². The van der Waals surface area contributed by atoms with Crippen molar-refractivity contribution in [2.24, 2.45) is 0 Å². The highest BCUT2D eigenvalue weighted by molar-refractivity contribution is 7.98. The van der Waals surface area contributed by atoms with E-state index in [0.29, 0.717) is 26.2 Å². The Morgan fingerprint density at radius 1 is 1.25 bits per heavy atom. The van der Waals surface area contributed by atoms with E-state index in [1.807, 2.05) is 36.6 Å². The molecule has 0 aliphatic carbocycles. The molecule has 0 atom stereocenters. The van der Waals surface area contributed by atoms with E-state index >= 15 is 0 Å². The SMILES string of the molecule is CSc1cccc(N/C=C(/C#N)C(=O)N2CCN(C(C)=O)CC2)c1. The van der Waals surface area contributed by atoms with Gasteiger partial charge in [0.2, 0.25) is 5.91 Å². The molecule has 0 unspecified atom stereocenters. The average Bonchev–Trinajstić information content (AvgIpc) is 2.62. The van der Waals surface area contributed by atoms with Crippen molar-refractivity contribution < 1.29 is 9.59 Å². The zero-order valence-corrected chi connectivity index (χ0v) is 14.6. The molecule has 7 heteroatoms. The minimum absolute atomic E-state index is 0.00786. The lowest BCUT2D eigenvalue weighted by Crippen LogP contribution is -2.50. The first-order valence-electron chi connectivity index (χ1n) is 7.61. The molecule has 1 heterocycles. The molecule has 1 fully saturated rings. The Bertz CT molecular complexity index is 688. The van der Waals surface area contributed by atoms with E-state index in [4.69, 9.17) is 0 Å². The Morgan fingerprint density at radius 3 is 2.50 bits per heavy atom. The number of hydrogen-bond donors (Lipinski definition) is 1. The van der Waals surface area contributed by atoms with Crippen LogP contribution < -0.4 is 5.32 Å². The van der Waals surface area contributed by atoms with Gasteiger partial charge in [-0.15, -0.1) is 11.8 Å². The summed E-state index contributed by atoms with van der Waals surface area (Å²) >= 11 is 1.62. The lowest BCUT2D eigenvalue weighted by molar-refractivity contribution is -0.136. The molecule has 0 saturated carbocycles. The Labute approximate surface area is 146 Å². The highest BCUT2D eigenvalue weighted by Crippen LogP contribution is 2.19. The summed E-state index contributed by atoms with van der Waals surface area (Å²) in [6.45, 7) is 3.41. The fourth-order valence-electron chi connectivity index (χ4n) is 2.40. The van der Waals surface area contributed by atoms with Crippen LogP contribution in [0.5, 0.6) is 0 Å². The Balaban J connectivity index is 2.01. The van der Waals surface area contributed by atoms with Gasteiger partial charge in [0.1, 0.15) is 11.6 Å². The maximum atomic E-state index is 12.4. The number of anilines is 1. The summed E-state index contributed by atoms with van der Waals surface area (Å²) in [6, 6.07) is 9.68. The first kappa shape index (κ1) is 17.9. The van der Waals surface area contributed by atoms with Crippen LogP contribution in [0, 0.1) is 11.3 Å². The van der Waals surface area contributed by atoms with Crippen molar-refractivity contribution in [3.63, 3.8) is 0 Å². The molecular formula is C17H20N4O2S. The fraction of sp³-hybridized carbons (Fsp3) is 0.353. The molecule has 24 heavy (non-hydrogen) atoms. The summed E-state index contributed by atoms with van der Waals surface area (Å²) in [7, 11) is 0. The summed E-state index contributed by atoms with van der Waals surface area (Å²) in [5.74, 6) is -0.303. The molecule has 0 radical (unpaired) electrons. The van der Waals surface area contributed by atoms with Crippen LogP contribution in [0.2, 0.25) is 0 Å². The number of nitrogens with zero attached hydrogens (tertiary/aromatic N) is 3. The van der Waals surface area contributed by atoms with Crippen molar-refractivity contribution in [2.45, 2.75) is 11.8 Å². The zero-order valence-electron chi connectivity index (χ0n) is 13.8. The van der Waals surface area contributed by atoms with Gasteiger partial charge in [-0.25, -0.2) is 0 Å². The number of nitrogens with one attached hydrogen (secondary N) is 1. The normalized spacial score (nSPS) is 15.0. The molecule has 2 amide bonds. The number of carbonyl (C=O) groups excluding carboxylic acids is 2. The average molecular weight is 344 g/mol. The molecule has 1 aliphatic heterocycles. The first-order chi connectivity index (χ1) is 11.5. The monoisotopic (exact) mass is 344 g/mol. The standard InChI is InChI=1S/C17H20N4O2S/c1-13(22)20-6-8-21(9-7-20)17(23)14(11-18)12-19-15-4-3-5-16(10-15)24-2/h3-5,10,12,19H,6-9H2,1-2H3/b14-12-. The van der Waals surface area contributed by atoms with E-state index < -0.39 is 0 Å². The molecule has 1 saturated heterocycles. The number of rotatable bonds is 4. The van der Waals surface area contributed by atoms with Gasteiger partial charge in [-0.05, 0) is 24.5 Å². The van der Waals surface area contributed by atoms with Crippen LogP contribution in [0.3, 0.4) is 0 Å². The quantitative estimate of drug-likeness (QED) is 0.513. The third kappa shape index (κ3) is 4.52. The van der Waals surface area contributed by atoms with Gasteiger partial charge in [0.25, 0.3) is 5.91 Å². The number of carbonyl (C=O) groups is 2. The van der Waals surface area contributed by atoms with Crippen LogP contribution in [0.15, 0.2) is 40.9 Å². The largest absolute Gasteiger partial charge is 0.360 e. The van der Waals surface area contributed by atoms with E-state index in [-0.39, 0.29) is 17.4 Å². The molecule has 1 aromatic carbocycles. The molecule has 1 aromatic rings. The molecular weight excluding hydrogens is 324 g/mol. The maximum Gasteiger partial charge on any atom is 0.266 e. The Kier molecular flexibility index (Phi) is 6.27. The number of benzene rings is 1. The van der Waals surface area contributed by atoms with Crippen LogP contribution in [0.1, 0.15) is 6.92 Å². The van der Waals surface area contributed by atoms with Crippen molar-refractivity contribution in [3.05, 3.63) is 36.0 Å². The van der Waals surface area contributed by atoms with Gasteiger partial charge < -0.3 is 15.1 Å². The van der Waals surface area contributed by atoms with Crippen molar-refractivity contribution in [1.82, 2.24) is 9.80 Å². The number of hydrogen-bond acceptors (Lipinski definition) is 5. The maximum absolute atomic E-state index is 12.4. The van der Waals surface area contributed by atoms with Gasteiger partial charge >= 0.3 is 0 Å². The molecule has 0 bridgehead atoms. The third-order valence-corrected chi connectivity index (χ3v) is 4.54. The molecule has 0 spiro atoms. The fourth-order valence-corrected chi connectivity index (χ4v) is 2.86. The molecule has 1 aliphatic rings. The molecule has 126 valence electrons. The zero-order chi connectivity index (χ0) is 17.5. The molecule has 0 aromatic heterocycles. The van der Waals surface area contributed by atoms with Crippen LogP contribution in [0.25, 0.3) is 0 Å². The summed E-state index contributed by atoms with van der Waals surface area (Å²) in [4.78, 5) is 28.2. The van der Waals surface area contributed by atoms with E-state index in [2.05, 4.69) is 5.32 Å². The molecule has 2 rings (SSSR count). The minimum Gasteiger partial charge on any atom is -0.360 e. The van der Waals surface area contributed by atoms with Crippen LogP contribution >= 0.6 is 11.8 Å². The van der Waals surface area contributed by atoms with E-state index in [1.54, 1.807) is 21.6 Å². The van der Waals surface area contributed by atoms with Crippen LogP contribution in [-0.2, 0) is 9.59 Å². The van der Waals surface area contributed by atoms with Gasteiger partial charge in [-0.2, -0.15) is 5.26 Å². The highest BCUT2D eigenvalue weighted by Gasteiger charge is 2.24. The van der Waals surface area contributed by atoms with Gasteiger partial charge in [0.05, 0.1) is 0 Å². The first-order valence-corrected chi connectivity index (χ1v) is 8.83. The van der Waals surface area contributed by atoms with Gasteiger partial charge in [-0.3, -0.25) is 9.59 Å². The topological polar surface area (TPSA) is 76.4 Å². The van der Waals surface area contributed by atoms with Crippen molar-refractivity contribution in [3.8, 4) is 6.07 Å². The number of amides is 2. The second kappa shape index (κ2) is 8.41. The lowest BCUT2D eigenvalue weighted by atomic mass is 10.2. The van der Waals surface area contributed by atoms with Crippen LogP contribution in [0.4, 0.5) is 5.69 Å². The second-order valence-corrected chi connectivity index (χ2v) is 6.22. The predicted octanol–water partition coefficient (Wildman–Crippen LogP) is 1.92.